The second kappa shape index (κ2) is 4.80. The van der Waals surface area contributed by atoms with Crippen LogP contribution in [0.5, 0.6) is 0 Å². The maximum Gasteiger partial charge on any atom is 0.190 e. The topological polar surface area (TPSA) is 47.8 Å². The number of nitrogens with zero attached hydrogens (tertiary/aromatic N) is 3. The molecule has 1 aromatic carbocycles. The summed E-state index contributed by atoms with van der Waals surface area (Å²) in [6.45, 7) is 0. The quantitative estimate of drug-likeness (QED) is 0.817. The van der Waals surface area contributed by atoms with E-state index >= 15 is 0 Å². The van der Waals surface area contributed by atoms with Gasteiger partial charge in [0.25, 0.3) is 0 Å². The minimum Gasteiger partial charge on any atom is -0.298 e. The molecule has 0 saturated carbocycles. The molecule has 0 spiro atoms. The van der Waals surface area contributed by atoms with E-state index in [0.717, 1.165) is 20.8 Å². The Morgan fingerprint density at radius 2 is 2.31 bits per heavy atom. The van der Waals surface area contributed by atoms with Gasteiger partial charge in [-0.05, 0) is 30.0 Å². The van der Waals surface area contributed by atoms with Crippen molar-refractivity contribution >= 4 is 34.0 Å². The number of aryl methyl sites for hydroxylation is 1. The van der Waals surface area contributed by atoms with E-state index in [1.807, 2.05) is 19.2 Å². The zero-order valence-corrected chi connectivity index (χ0v) is 10.8. The first kappa shape index (κ1) is 11.3. The number of hydrogen-bond donors (Lipinski definition) is 0. The maximum atomic E-state index is 10.9. The average molecular weight is 298 g/mol. The second-order valence-electron chi connectivity index (χ2n) is 3.07. The third kappa shape index (κ3) is 2.33. The maximum absolute atomic E-state index is 10.9. The molecule has 0 saturated heterocycles. The van der Waals surface area contributed by atoms with Crippen LogP contribution in [0.2, 0.25) is 0 Å². The molecule has 0 amide bonds. The van der Waals surface area contributed by atoms with Gasteiger partial charge in [-0.3, -0.25) is 4.79 Å². The summed E-state index contributed by atoms with van der Waals surface area (Å²) >= 11 is 4.75. The Morgan fingerprint density at radius 1 is 1.50 bits per heavy atom. The Morgan fingerprint density at radius 3 is 2.94 bits per heavy atom. The van der Waals surface area contributed by atoms with Crippen molar-refractivity contribution in [3.8, 4) is 0 Å². The lowest BCUT2D eigenvalue weighted by molar-refractivity contribution is 0.112. The van der Waals surface area contributed by atoms with Crippen molar-refractivity contribution in [1.29, 1.82) is 0 Å². The number of carbonyl (C=O) groups excluding carboxylic acids is 1. The highest BCUT2D eigenvalue weighted by atomic mass is 79.9. The lowest BCUT2D eigenvalue weighted by Gasteiger charge is -2.03. The van der Waals surface area contributed by atoms with Gasteiger partial charge in [0.2, 0.25) is 0 Å². The van der Waals surface area contributed by atoms with Crippen LogP contribution in [0.25, 0.3) is 0 Å². The van der Waals surface area contributed by atoms with Crippen LogP contribution in [-0.4, -0.2) is 21.1 Å². The molecule has 0 aliphatic rings. The third-order valence-electron chi connectivity index (χ3n) is 1.97. The second-order valence-corrected chi connectivity index (χ2v) is 4.99. The number of carbonyl (C=O) groups is 1. The molecule has 82 valence electrons. The first-order chi connectivity index (χ1) is 7.70. The summed E-state index contributed by atoms with van der Waals surface area (Å²) in [7, 11) is 1.81. The largest absolute Gasteiger partial charge is 0.298 e. The number of aldehydes is 1. The van der Waals surface area contributed by atoms with Gasteiger partial charge in [0, 0.05) is 22.0 Å². The predicted octanol–water partition coefficient (Wildman–Crippen LogP) is 2.54. The van der Waals surface area contributed by atoms with E-state index in [9.17, 15) is 4.79 Å². The van der Waals surface area contributed by atoms with Crippen LogP contribution in [0.4, 0.5) is 0 Å². The van der Waals surface area contributed by atoms with Crippen molar-refractivity contribution in [3.05, 3.63) is 34.6 Å². The predicted molar refractivity (Wildman–Crippen MR) is 64.7 cm³/mol. The molecule has 0 atom stereocenters. The number of halogens is 1. The smallest absolute Gasteiger partial charge is 0.190 e. The van der Waals surface area contributed by atoms with Crippen LogP contribution in [0.1, 0.15) is 10.4 Å². The van der Waals surface area contributed by atoms with Gasteiger partial charge in [-0.2, -0.15) is 5.10 Å². The molecule has 0 radical (unpaired) electrons. The van der Waals surface area contributed by atoms with E-state index in [1.54, 1.807) is 10.7 Å². The van der Waals surface area contributed by atoms with Gasteiger partial charge in [0.05, 0.1) is 0 Å². The molecule has 0 aliphatic heterocycles. The lowest BCUT2D eigenvalue weighted by Crippen LogP contribution is -1.93. The zero-order chi connectivity index (χ0) is 11.5. The van der Waals surface area contributed by atoms with E-state index in [1.165, 1.54) is 18.1 Å². The molecule has 0 fully saturated rings. The van der Waals surface area contributed by atoms with Crippen molar-refractivity contribution in [1.82, 2.24) is 14.8 Å². The summed E-state index contributed by atoms with van der Waals surface area (Å²) in [5, 5.41) is 4.73. The Kier molecular flexibility index (Phi) is 3.40. The van der Waals surface area contributed by atoms with Gasteiger partial charge in [-0.15, -0.1) is 0 Å². The van der Waals surface area contributed by atoms with Crippen LogP contribution < -0.4 is 0 Å². The van der Waals surface area contributed by atoms with E-state index in [-0.39, 0.29) is 0 Å². The van der Waals surface area contributed by atoms with Crippen molar-refractivity contribution in [3.63, 3.8) is 0 Å². The fourth-order valence-corrected chi connectivity index (χ4v) is 2.40. The Labute approximate surface area is 105 Å². The van der Waals surface area contributed by atoms with Gasteiger partial charge in [0.15, 0.2) is 11.4 Å². The minimum absolute atomic E-state index is 0.641. The van der Waals surface area contributed by atoms with Crippen LogP contribution in [0.15, 0.2) is 39.1 Å². The summed E-state index contributed by atoms with van der Waals surface area (Å²) in [5.41, 5.74) is 0.641. The van der Waals surface area contributed by atoms with Gasteiger partial charge in [-0.25, -0.2) is 9.67 Å². The highest BCUT2D eigenvalue weighted by molar-refractivity contribution is 9.10. The zero-order valence-electron chi connectivity index (χ0n) is 8.42. The monoisotopic (exact) mass is 297 g/mol. The Bertz CT molecular complexity index is 527. The third-order valence-corrected chi connectivity index (χ3v) is 3.61. The van der Waals surface area contributed by atoms with Crippen LogP contribution >= 0.6 is 27.7 Å². The molecular weight excluding hydrogens is 290 g/mol. The molecule has 4 nitrogen and oxygen atoms in total. The Hall–Kier alpha value is -1.14. The molecule has 2 rings (SSSR count). The lowest BCUT2D eigenvalue weighted by atomic mass is 10.2. The van der Waals surface area contributed by atoms with Crippen molar-refractivity contribution in [2.45, 2.75) is 10.1 Å². The van der Waals surface area contributed by atoms with Crippen molar-refractivity contribution in [2.75, 3.05) is 0 Å². The summed E-state index contributed by atoms with van der Waals surface area (Å²) in [6.07, 6.45) is 2.32. The van der Waals surface area contributed by atoms with Gasteiger partial charge < -0.3 is 0 Å². The summed E-state index contributed by atoms with van der Waals surface area (Å²) in [6, 6.07) is 5.56. The molecule has 1 aromatic heterocycles. The van der Waals surface area contributed by atoms with Crippen LogP contribution in [0, 0.1) is 0 Å². The minimum atomic E-state index is 0.641. The summed E-state index contributed by atoms with van der Waals surface area (Å²) in [4.78, 5) is 15.9. The van der Waals surface area contributed by atoms with E-state index in [4.69, 9.17) is 0 Å². The SMILES string of the molecule is Cn1ncnc1Sc1ccc(Br)cc1C=O. The molecule has 6 heteroatoms. The Balaban J connectivity index is 2.34. The summed E-state index contributed by atoms with van der Waals surface area (Å²) in [5.74, 6) is 0. The standard InChI is InChI=1S/C10H8BrN3OS/c1-14-10(12-6-13-14)16-9-3-2-8(11)4-7(9)5-15/h2-6H,1H3. The molecule has 0 aliphatic carbocycles. The first-order valence-corrected chi connectivity index (χ1v) is 6.08. The van der Waals surface area contributed by atoms with Gasteiger partial charge in [0.1, 0.15) is 6.33 Å². The number of benzene rings is 1. The number of aromatic nitrogens is 3. The highest BCUT2D eigenvalue weighted by Crippen LogP contribution is 2.29. The van der Waals surface area contributed by atoms with E-state index in [0.29, 0.717) is 5.56 Å². The fraction of sp³-hybridized carbons (Fsp3) is 0.100. The summed E-state index contributed by atoms with van der Waals surface area (Å²) < 4.78 is 2.55. The molecular formula is C10H8BrN3OS. The fourth-order valence-electron chi connectivity index (χ4n) is 1.18. The molecule has 0 bridgehead atoms. The molecule has 0 N–H and O–H groups in total. The van der Waals surface area contributed by atoms with E-state index < -0.39 is 0 Å². The van der Waals surface area contributed by atoms with Crippen molar-refractivity contribution < 1.29 is 4.79 Å². The average Bonchev–Trinajstić information content (AvgIpc) is 2.67. The van der Waals surface area contributed by atoms with E-state index in [2.05, 4.69) is 26.0 Å². The molecule has 16 heavy (non-hydrogen) atoms. The van der Waals surface area contributed by atoms with Crippen LogP contribution in [-0.2, 0) is 7.05 Å². The number of rotatable bonds is 3. The van der Waals surface area contributed by atoms with Crippen LogP contribution in [0.3, 0.4) is 0 Å². The van der Waals surface area contributed by atoms with Gasteiger partial charge in [-0.1, -0.05) is 15.9 Å². The number of hydrogen-bond acceptors (Lipinski definition) is 4. The first-order valence-electron chi connectivity index (χ1n) is 4.47. The molecule has 0 unspecified atom stereocenters. The molecule has 2 aromatic rings. The van der Waals surface area contributed by atoms with Gasteiger partial charge >= 0.3 is 0 Å². The highest BCUT2D eigenvalue weighted by Gasteiger charge is 2.08. The van der Waals surface area contributed by atoms with Crippen molar-refractivity contribution in [2.24, 2.45) is 7.05 Å². The normalized spacial score (nSPS) is 10.4. The molecule has 1 heterocycles.